The van der Waals surface area contributed by atoms with Crippen LogP contribution in [0.4, 0.5) is 0 Å². The van der Waals surface area contributed by atoms with E-state index in [2.05, 4.69) is 13.8 Å². The van der Waals surface area contributed by atoms with Crippen LogP contribution < -0.4 is 0 Å². The average molecular weight is 243 g/mol. The number of nitrogens with zero attached hydrogens (tertiary/aromatic N) is 1. The number of hydrogen-bond acceptors (Lipinski definition) is 3. The van der Waals surface area contributed by atoms with Crippen LogP contribution in [0.1, 0.15) is 26.7 Å². The van der Waals surface area contributed by atoms with E-state index in [4.69, 9.17) is 9.84 Å². The summed E-state index contributed by atoms with van der Waals surface area (Å²) in [6.45, 7) is 5.71. The predicted molar refractivity (Wildman–Crippen MR) is 62.6 cm³/mol. The Morgan fingerprint density at radius 3 is 2.71 bits per heavy atom. The van der Waals surface area contributed by atoms with E-state index >= 15 is 0 Å². The van der Waals surface area contributed by atoms with Crippen LogP contribution >= 0.6 is 0 Å². The maximum Gasteiger partial charge on any atom is 0.308 e. The highest BCUT2D eigenvalue weighted by molar-refractivity contribution is 5.86. The van der Waals surface area contributed by atoms with Crippen LogP contribution in [-0.4, -0.2) is 48.7 Å². The van der Waals surface area contributed by atoms with E-state index in [1.165, 1.54) is 0 Å². The minimum absolute atomic E-state index is 0.0426. The highest BCUT2D eigenvalue weighted by atomic mass is 16.5. The molecule has 0 aromatic rings. The van der Waals surface area contributed by atoms with E-state index in [9.17, 15) is 9.59 Å². The number of methoxy groups -OCH3 is 1. The Morgan fingerprint density at radius 1 is 1.59 bits per heavy atom. The summed E-state index contributed by atoms with van der Waals surface area (Å²) in [5, 5.41) is 8.89. The maximum atomic E-state index is 11.7. The quantitative estimate of drug-likeness (QED) is 0.755. The Hall–Kier alpha value is -1.10. The van der Waals surface area contributed by atoms with Crippen molar-refractivity contribution in [2.24, 2.45) is 11.3 Å². The molecular weight excluding hydrogens is 222 g/mol. The van der Waals surface area contributed by atoms with Gasteiger partial charge in [0.2, 0.25) is 5.91 Å². The van der Waals surface area contributed by atoms with Gasteiger partial charge in [-0.1, -0.05) is 13.8 Å². The first-order valence-electron chi connectivity index (χ1n) is 5.85. The van der Waals surface area contributed by atoms with E-state index in [0.717, 1.165) is 6.42 Å². The number of hydrogen-bond donors (Lipinski definition) is 1. The van der Waals surface area contributed by atoms with Crippen molar-refractivity contribution >= 4 is 11.9 Å². The van der Waals surface area contributed by atoms with Gasteiger partial charge in [0.15, 0.2) is 0 Å². The fourth-order valence-electron chi connectivity index (χ4n) is 2.06. The van der Waals surface area contributed by atoms with Crippen molar-refractivity contribution in [3.8, 4) is 0 Å². The van der Waals surface area contributed by atoms with Gasteiger partial charge in [0, 0.05) is 33.2 Å². The van der Waals surface area contributed by atoms with E-state index in [1.54, 1.807) is 12.0 Å². The molecule has 0 aromatic carbocycles. The zero-order chi connectivity index (χ0) is 13.1. The molecule has 1 rings (SSSR count). The molecule has 1 saturated heterocycles. The largest absolute Gasteiger partial charge is 0.481 e. The molecule has 1 fully saturated rings. The summed E-state index contributed by atoms with van der Waals surface area (Å²) in [6, 6.07) is 0. The third kappa shape index (κ3) is 4.00. The summed E-state index contributed by atoms with van der Waals surface area (Å²) in [5.74, 6) is -1.47. The summed E-state index contributed by atoms with van der Waals surface area (Å²) >= 11 is 0. The van der Waals surface area contributed by atoms with Crippen molar-refractivity contribution in [3.63, 3.8) is 0 Å². The maximum absolute atomic E-state index is 11.7. The second-order valence-corrected chi connectivity index (χ2v) is 5.42. The number of carbonyl (C=O) groups is 2. The number of ether oxygens (including phenoxy) is 1. The summed E-state index contributed by atoms with van der Waals surface area (Å²) < 4.78 is 5.03. The first-order chi connectivity index (χ1) is 7.85. The number of aliphatic carboxylic acids is 1. The van der Waals surface area contributed by atoms with Crippen LogP contribution in [0.3, 0.4) is 0 Å². The Balaban J connectivity index is 2.51. The van der Waals surface area contributed by atoms with Crippen LogP contribution in [0.15, 0.2) is 0 Å². The Kier molecular flexibility index (Phi) is 4.51. The highest BCUT2D eigenvalue weighted by Crippen LogP contribution is 2.26. The van der Waals surface area contributed by atoms with Crippen molar-refractivity contribution in [1.82, 2.24) is 4.90 Å². The van der Waals surface area contributed by atoms with Crippen LogP contribution in [0.2, 0.25) is 0 Å². The minimum atomic E-state index is -0.879. The molecule has 0 saturated carbocycles. The molecule has 1 aliphatic rings. The van der Waals surface area contributed by atoms with Crippen molar-refractivity contribution in [1.29, 1.82) is 0 Å². The molecule has 0 spiro atoms. The lowest BCUT2D eigenvalue weighted by Crippen LogP contribution is -2.36. The van der Waals surface area contributed by atoms with E-state index in [0.29, 0.717) is 19.7 Å². The molecule has 1 atom stereocenters. The molecule has 1 unspecified atom stereocenters. The number of carbonyl (C=O) groups excluding carboxylic acids is 1. The fourth-order valence-corrected chi connectivity index (χ4v) is 2.06. The summed E-state index contributed by atoms with van der Waals surface area (Å²) in [7, 11) is 1.65. The molecular formula is C12H21NO4. The van der Waals surface area contributed by atoms with Gasteiger partial charge in [-0.15, -0.1) is 0 Å². The molecule has 98 valence electrons. The van der Waals surface area contributed by atoms with Gasteiger partial charge in [0.05, 0.1) is 5.92 Å². The average Bonchev–Trinajstić information content (AvgIpc) is 2.57. The monoisotopic (exact) mass is 243 g/mol. The zero-order valence-electron chi connectivity index (χ0n) is 10.7. The van der Waals surface area contributed by atoms with Gasteiger partial charge < -0.3 is 14.7 Å². The van der Waals surface area contributed by atoms with Crippen LogP contribution in [0.25, 0.3) is 0 Å². The molecule has 17 heavy (non-hydrogen) atoms. The summed E-state index contributed by atoms with van der Waals surface area (Å²) in [5.41, 5.74) is -0.0426. The van der Waals surface area contributed by atoms with Gasteiger partial charge in [0.25, 0.3) is 0 Å². The minimum Gasteiger partial charge on any atom is -0.481 e. The Labute approximate surface area is 102 Å². The standard InChI is InChI=1S/C12H21NO4/c1-12(2,4-5-17-3)8-13-7-9(11(15)16)6-10(13)14/h9H,4-8H2,1-3H3,(H,15,16). The van der Waals surface area contributed by atoms with Crippen LogP contribution in [0.5, 0.6) is 0 Å². The van der Waals surface area contributed by atoms with Crippen LogP contribution in [-0.2, 0) is 14.3 Å². The molecule has 0 radical (unpaired) electrons. The molecule has 0 bridgehead atoms. The van der Waals surface area contributed by atoms with Crippen LogP contribution in [0, 0.1) is 11.3 Å². The van der Waals surface area contributed by atoms with Crippen molar-refractivity contribution in [3.05, 3.63) is 0 Å². The number of carboxylic acids is 1. The first kappa shape index (κ1) is 14.0. The molecule has 5 heteroatoms. The summed E-state index contributed by atoms with van der Waals surface area (Å²) in [4.78, 5) is 24.2. The molecule has 1 N–H and O–H groups in total. The van der Waals surface area contributed by atoms with Gasteiger partial charge in [-0.25, -0.2) is 0 Å². The van der Waals surface area contributed by atoms with Gasteiger partial charge >= 0.3 is 5.97 Å². The van der Waals surface area contributed by atoms with E-state index < -0.39 is 11.9 Å². The second kappa shape index (κ2) is 5.49. The molecule has 1 aliphatic heterocycles. The van der Waals surface area contributed by atoms with Crippen molar-refractivity contribution < 1.29 is 19.4 Å². The summed E-state index contributed by atoms with van der Waals surface area (Å²) in [6.07, 6.45) is 0.987. The molecule has 0 aliphatic carbocycles. The first-order valence-corrected chi connectivity index (χ1v) is 5.85. The van der Waals surface area contributed by atoms with Gasteiger partial charge in [0.1, 0.15) is 0 Å². The normalized spacial score (nSPS) is 21.0. The third-order valence-corrected chi connectivity index (χ3v) is 3.17. The lowest BCUT2D eigenvalue weighted by Gasteiger charge is -2.30. The molecule has 5 nitrogen and oxygen atoms in total. The van der Waals surface area contributed by atoms with Gasteiger partial charge in [-0.05, 0) is 11.8 Å². The second-order valence-electron chi connectivity index (χ2n) is 5.42. The third-order valence-electron chi connectivity index (χ3n) is 3.17. The fraction of sp³-hybridized carbons (Fsp3) is 0.833. The highest BCUT2D eigenvalue weighted by Gasteiger charge is 2.36. The number of rotatable bonds is 6. The number of carboxylic acid groups (broad SMARTS) is 1. The smallest absolute Gasteiger partial charge is 0.308 e. The Bertz CT molecular complexity index is 301. The Morgan fingerprint density at radius 2 is 2.24 bits per heavy atom. The zero-order valence-corrected chi connectivity index (χ0v) is 10.7. The SMILES string of the molecule is COCCC(C)(C)CN1CC(C(=O)O)CC1=O. The predicted octanol–water partition coefficient (Wildman–Crippen LogP) is 0.982. The topological polar surface area (TPSA) is 66.8 Å². The molecule has 1 amide bonds. The van der Waals surface area contributed by atoms with Crippen molar-refractivity contribution in [2.45, 2.75) is 26.7 Å². The molecule has 0 aromatic heterocycles. The van der Waals surface area contributed by atoms with Crippen molar-refractivity contribution in [2.75, 3.05) is 26.8 Å². The van der Waals surface area contributed by atoms with Gasteiger partial charge in [-0.2, -0.15) is 0 Å². The lowest BCUT2D eigenvalue weighted by molar-refractivity contribution is -0.141. The van der Waals surface area contributed by atoms with E-state index in [1.807, 2.05) is 0 Å². The van der Waals surface area contributed by atoms with E-state index in [-0.39, 0.29) is 17.7 Å². The van der Waals surface area contributed by atoms with Gasteiger partial charge in [-0.3, -0.25) is 9.59 Å². The number of likely N-dealkylation sites (tertiary alicyclic amines) is 1. The molecule has 1 heterocycles. The number of amides is 1. The lowest BCUT2D eigenvalue weighted by atomic mass is 9.89.